The quantitative estimate of drug-likeness (QED) is 0.799. The number of benzene rings is 2. The van der Waals surface area contributed by atoms with Crippen LogP contribution in [0.4, 0.5) is 25.8 Å². The van der Waals surface area contributed by atoms with Crippen LogP contribution in [0.25, 0.3) is 0 Å². The molecule has 0 spiro atoms. The van der Waals surface area contributed by atoms with E-state index in [2.05, 4.69) is 5.32 Å². The number of halogens is 2. The molecule has 0 bridgehead atoms. The van der Waals surface area contributed by atoms with Crippen molar-refractivity contribution in [1.82, 2.24) is 0 Å². The molecule has 0 saturated heterocycles. The average Bonchev–Trinajstić information content (AvgIpc) is 2.34. The average molecular weight is 245 g/mol. The fourth-order valence-electron chi connectivity index (χ4n) is 1.52. The number of nitrogens with one attached hydrogen (secondary N) is 1. The second-order valence-corrected chi connectivity index (χ2v) is 3.63. The Labute approximate surface area is 102 Å². The first-order chi connectivity index (χ1) is 8.61. The molecule has 0 amide bonds. The molecule has 2 aromatic rings. The molecule has 2 rings (SSSR count). The molecule has 0 saturated carbocycles. The highest BCUT2D eigenvalue weighted by molar-refractivity contribution is 5.75. The number of rotatable bonds is 2. The third-order valence-corrected chi connectivity index (χ3v) is 2.41. The number of anilines is 3. The van der Waals surface area contributed by atoms with Crippen LogP contribution in [-0.2, 0) is 0 Å². The lowest BCUT2D eigenvalue weighted by Crippen LogP contribution is -2.00. The van der Waals surface area contributed by atoms with E-state index in [-0.39, 0.29) is 16.9 Å². The Kier molecular flexibility index (Phi) is 3.11. The molecule has 90 valence electrons. The first-order valence-electron chi connectivity index (χ1n) is 5.12. The fraction of sp³-hybridized carbons (Fsp3) is 0. The molecule has 2 aromatic carbocycles. The summed E-state index contributed by atoms with van der Waals surface area (Å²) in [6.07, 6.45) is 0. The molecule has 0 atom stereocenters. The summed E-state index contributed by atoms with van der Waals surface area (Å²) in [6, 6.07) is 9.69. The van der Waals surface area contributed by atoms with Gasteiger partial charge in [-0.1, -0.05) is 6.07 Å². The van der Waals surface area contributed by atoms with Crippen LogP contribution in [0.2, 0.25) is 0 Å². The topological polar surface area (TPSA) is 61.8 Å². The van der Waals surface area contributed by atoms with Gasteiger partial charge in [0.1, 0.15) is 23.3 Å². The molecule has 0 aliphatic carbocycles. The van der Waals surface area contributed by atoms with Gasteiger partial charge < -0.3 is 11.1 Å². The van der Waals surface area contributed by atoms with Crippen molar-refractivity contribution >= 4 is 17.1 Å². The summed E-state index contributed by atoms with van der Waals surface area (Å²) in [4.78, 5) is 0. The minimum atomic E-state index is -0.641. The summed E-state index contributed by atoms with van der Waals surface area (Å²) in [6.45, 7) is 0. The van der Waals surface area contributed by atoms with Gasteiger partial charge in [-0.05, 0) is 30.3 Å². The summed E-state index contributed by atoms with van der Waals surface area (Å²) in [7, 11) is 0. The third kappa shape index (κ3) is 2.23. The Hall–Kier alpha value is -2.61. The van der Waals surface area contributed by atoms with Crippen molar-refractivity contribution in [1.29, 1.82) is 5.26 Å². The van der Waals surface area contributed by atoms with Crippen LogP contribution < -0.4 is 11.1 Å². The zero-order valence-corrected chi connectivity index (χ0v) is 9.24. The van der Waals surface area contributed by atoms with Gasteiger partial charge in [0.2, 0.25) is 0 Å². The smallest absolute Gasteiger partial charge is 0.143 e. The van der Waals surface area contributed by atoms with E-state index >= 15 is 0 Å². The number of nitriles is 1. The Morgan fingerprint density at radius 1 is 1.11 bits per heavy atom. The standard InChI is InChI=1S/C13H9F2N3/c14-8-4-5-11(17)13(6-8)18-12-3-1-2-10(15)9(12)7-16/h1-6,18H,17H2. The second kappa shape index (κ2) is 4.72. The molecule has 0 fully saturated rings. The molecule has 0 unspecified atom stereocenters. The van der Waals surface area contributed by atoms with Gasteiger partial charge in [0.25, 0.3) is 0 Å². The van der Waals surface area contributed by atoms with Gasteiger partial charge in [-0.25, -0.2) is 8.78 Å². The highest BCUT2D eigenvalue weighted by Gasteiger charge is 2.09. The maximum absolute atomic E-state index is 13.4. The minimum absolute atomic E-state index is 0.138. The molecular weight excluding hydrogens is 236 g/mol. The normalized spacial score (nSPS) is 9.83. The highest BCUT2D eigenvalue weighted by Crippen LogP contribution is 2.26. The maximum atomic E-state index is 13.4. The monoisotopic (exact) mass is 245 g/mol. The van der Waals surface area contributed by atoms with Gasteiger partial charge in [-0.3, -0.25) is 0 Å². The SMILES string of the molecule is N#Cc1c(F)cccc1Nc1cc(F)ccc1N. The van der Waals surface area contributed by atoms with Gasteiger partial charge in [-0.15, -0.1) is 0 Å². The van der Waals surface area contributed by atoms with E-state index in [9.17, 15) is 8.78 Å². The van der Waals surface area contributed by atoms with E-state index in [1.165, 1.54) is 36.4 Å². The summed E-state index contributed by atoms with van der Waals surface area (Å²) in [5.41, 5.74) is 6.37. The number of hydrogen-bond donors (Lipinski definition) is 2. The van der Waals surface area contributed by atoms with Crippen molar-refractivity contribution < 1.29 is 8.78 Å². The van der Waals surface area contributed by atoms with Crippen molar-refractivity contribution in [3.05, 3.63) is 53.6 Å². The predicted octanol–water partition coefficient (Wildman–Crippen LogP) is 3.16. The number of hydrogen-bond acceptors (Lipinski definition) is 3. The van der Waals surface area contributed by atoms with Crippen LogP contribution in [0.1, 0.15) is 5.56 Å². The molecule has 0 aromatic heterocycles. The minimum Gasteiger partial charge on any atom is -0.397 e. The maximum Gasteiger partial charge on any atom is 0.143 e. The lowest BCUT2D eigenvalue weighted by molar-refractivity contribution is 0.624. The number of nitrogen functional groups attached to an aromatic ring is 1. The Balaban J connectivity index is 2.44. The summed E-state index contributed by atoms with van der Waals surface area (Å²) in [5.74, 6) is -1.11. The molecule has 3 nitrogen and oxygen atoms in total. The molecule has 0 aliphatic rings. The van der Waals surface area contributed by atoms with E-state index in [0.717, 1.165) is 0 Å². The van der Waals surface area contributed by atoms with E-state index in [1.807, 2.05) is 0 Å². The third-order valence-electron chi connectivity index (χ3n) is 2.41. The van der Waals surface area contributed by atoms with Gasteiger partial charge >= 0.3 is 0 Å². The summed E-state index contributed by atoms with van der Waals surface area (Å²) >= 11 is 0. The molecular formula is C13H9F2N3. The van der Waals surface area contributed by atoms with Crippen molar-refractivity contribution in [3.63, 3.8) is 0 Å². The van der Waals surface area contributed by atoms with E-state index in [4.69, 9.17) is 11.0 Å². The van der Waals surface area contributed by atoms with Crippen molar-refractivity contribution in [2.75, 3.05) is 11.1 Å². The van der Waals surface area contributed by atoms with Crippen molar-refractivity contribution in [2.24, 2.45) is 0 Å². The zero-order valence-electron chi connectivity index (χ0n) is 9.24. The molecule has 0 radical (unpaired) electrons. The fourth-order valence-corrected chi connectivity index (χ4v) is 1.52. The van der Waals surface area contributed by atoms with Crippen LogP contribution >= 0.6 is 0 Å². The molecule has 0 aliphatic heterocycles. The highest BCUT2D eigenvalue weighted by atomic mass is 19.1. The van der Waals surface area contributed by atoms with Crippen LogP contribution in [0.5, 0.6) is 0 Å². The molecule has 0 heterocycles. The number of nitrogens with zero attached hydrogens (tertiary/aromatic N) is 1. The van der Waals surface area contributed by atoms with Crippen LogP contribution in [0, 0.1) is 23.0 Å². The Bertz CT molecular complexity index is 633. The first-order valence-corrected chi connectivity index (χ1v) is 5.12. The van der Waals surface area contributed by atoms with E-state index in [0.29, 0.717) is 5.69 Å². The van der Waals surface area contributed by atoms with Crippen LogP contribution in [0.3, 0.4) is 0 Å². The summed E-state index contributed by atoms with van der Waals surface area (Å²) in [5, 5.41) is 11.6. The lowest BCUT2D eigenvalue weighted by atomic mass is 10.1. The zero-order chi connectivity index (χ0) is 13.1. The molecule has 3 N–H and O–H groups in total. The van der Waals surface area contributed by atoms with Gasteiger partial charge in [0.05, 0.1) is 17.1 Å². The van der Waals surface area contributed by atoms with Crippen molar-refractivity contribution in [3.8, 4) is 6.07 Å². The second-order valence-electron chi connectivity index (χ2n) is 3.63. The van der Waals surface area contributed by atoms with Gasteiger partial charge in [0, 0.05) is 0 Å². The van der Waals surface area contributed by atoms with Crippen molar-refractivity contribution in [2.45, 2.75) is 0 Å². The van der Waals surface area contributed by atoms with Gasteiger partial charge in [0.15, 0.2) is 0 Å². The summed E-state index contributed by atoms with van der Waals surface area (Å²) < 4.78 is 26.4. The lowest BCUT2D eigenvalue weighted by Gasteiger charge is -2.11. The largest absolute Gasteiger partial charge is 0.397 e. The van der Waals surface area contributed by atoms with Gasteiger partial charge in [-0.2, -0.15) is 5.26 Å². The Morgan fingerprint density at radius 2 is 1.89 bits per heavy atom. The van der Waals surface area contributed by atoms with Crippen LogP contribution in [0.15, 0.2) is 36.4 Å². The van der Waals surface area contributed by atoms with E-state index < -0.39 is 11.6 Å². The first kappa shape index (κ1) is 11.9. The predicted molar refractivity (Wildman–Crippen MR) is 65.2 cm³/mol. The molecule has 18 heavy (non-hydrogen) atoms. The molecule has 5 heteroatoms. The van der Waals surface area contributed by atoms with E-state index in [1.54, 1.807) is 6.07 Å². The Morgan fingerprint density at radius 3 is 2.61 bits per heavy atom. The number of nitrogens with two attached hydrogens (primary N) is 1. The van der Waals surface area contributed by atoms with Crippen LogP contribution in [-0.4, -0.2) is 0 Å².